The van der Waals surface area contributed by atoms with Gasteiger partial charge in [0.25, 0.3) is 0 Å². The molecule has 0 bridgehead atoms. The molecule has 1 aliphatic heterocycles. The maximum absolute atomic E-state index is 9.15. The Morgan fingerprint density at radius 3 is 2.73 bits per heavy atom. The predicted octanol–water partition coefficient (Wildman–Crippen LogP) is 1.50. The van der Waals surface area contributed by atoms with Crippen LogP contribution in [0, 0.1) is 0 Å². The molecule has 4 nitrogen and oxygen atoms in total. The molecule has 0 saturated carbocycles. The van der Waals surface area contributed by atoms with E-state index >= 15 is 0 Å². The number of benzene rings is 1. The lowest BCUT2D eigenvalue weighted by Crippen LogP contribution is -2.37. The number of nitrogens with one attached hydrogen (secondary N) is 1. The van der Waals surface area contributed by atoms with Gasteiger partial charge in [0.2, 0.25) is 0 Å². The van der Waals surface area contributed by atoms with Crippen LogP contribution in [0.1, 0.15) is 6.42 Å². The third kappa shape index (κ3) is 2.40. The molecule has 0 saturated heterocycles. The highest BCUT2D eigenvalue weighted by molar-refractivity contribution is 5.93. The molecule has 80 valence electrons. The number of rotatable bonds is 1. The van der Waals surface area contributed by atoms with E-state index in [1.54, 1.807) is 12.1 Å². The number of anilines is 1. The molecule has 0 fully saturated rings. The number of nitrogens with zero attached hydrogens (tertiary/aromatic N) is 2. The predicted molar refractivity (Wildman–Crippen MR) is 61.3 cm³/mol. The summed E-state index contributed by atoms with van der Waals surface area (Å²) in [6, 6.07) is 6.98. The Morgan fingerprint density at radius 1 is 1.33 bits per heavy atom. The normalized spacial score (nSPS) is 16.1. The van der Waals surface area contributed by atoms with E-state index in [1.165, 1.54) is 0 Å². The second-order valence-electron chi connectivity index (χ2n) is 3.65. The Kier molecular flexibility index (Phi) is 2.76. The fraction of sp³-hybridized carbons (Fsp3) is 0.364. The van der Waals surface area contributed by atoms with E-state index in [-0.39, 0.29) is 5.75 Å². The van der Waals surface area contributed by atoms with Gasteiger partial charge >= 0.3 is 0 Å². The number of hydrogen-bond acceptors (Lipinski definition) is 4. The fourth-order valence-electron chi connectivity index (χ4n) is 1.53. The summed E-state index contributed by atoms with van der Waals surface area (Å²) >= 11 is 0. The van der Waals surface area contributed by atoms with Crippen LogP contribution in [0.5, 0.6) is 5.75 Å². The quantitative estimate of drug-likeness (QED) is 0.683. The van der Waals surface area contributed by atoms with Gasteiger partial charge in [0.05, 0.1) is 0 Å². The van der Waals surface area contributed by atoms with Gasteiger partial charge in [-0.1, -0.05) is 0 Å². The van der Waals surface area contributed by atoms with Crippen molar-refractivity contribution in [2.24, 2.45) is 4.99 Å². The van der Waals surface area contributed by atoms with Crippen molar-refractivity contribution in [2.75, 3.05) is 25.5 Å². The van der Waals surface area contributed by atoms with Gasteiger partial charge in [-0.05, 0) is 30.7 Å². The van der Waals surface area contributed by atoms with Gasteiger partial charge in [0, 0.05) is 25.8 Å². The van der Waals surface area contributed by atoms with Gasteiger partial charge < -0.3 is 15.3 Å². The molecule has 15 heavy (non-hydrogen) atoms. The maximum atomic E-state index is 9.15. The third-order valence-corrected chi connectivity index (χ3v) is 2.40. The third-order valence-electron chi connectivity index (χ3n) is 2.40. The zero-order valence-corrected chi connectivity index (χ0v) is 8.77. The van der Waals surface area contributed by atoms with Gasteiger partial charge in [0.1, 0.15) is 5.75 Å². The SMILES string of the molecule is CN1CCCN=C1Nc1ccc(O)cc1. The molecule has 0 aliphatic carbocycles. The van der Waals surface area contributed by atoms with Crippen LogP contribution in [0.4, 0.5) is 5.69 Å². The van der Waals surface area contributed by atoms with Crippen molar-refractivity contribution in [3.05, 3.63) is 24.3 Å². The van der Waals surface area contributed by atoms with Crippen LogP contribution >= 0.6 is 0 Å². The summed E-state index contributed by atoms with van der Waals surface area (Å²) in [5.41, 5.74) is 0.945. The van der Waals surface area contributed by atoms with Crippen molar-refractivity contribution >= 4 is 11.6 Å². The van der Waals surface area contributed by atoms with Crippen LogP contribution in [0.2, 0.25) is 0 Å². The topological polar surface area (TPSA) is 47.9 Å². The van der Waals surface area contributed by atoms with Crippen LogP contribution < -0.4 is 5.32 Å². The van der Waals surface area contributed by atoms with Gasteiger partial charge in [-0.25, -0.2) is 0 Å². The summed E-state index contributed by atoms with van der Waals surface area (Å²) in [6.45, 7) is 1.91. The Morgan fingerprint density at radius 2 is 2.07 bits per heavy atom. The summed E-state index contributed by atoms with van der Waals surface area (Å²) in [5.74, 6) is 1.17. The van der Waals surface area contributed by atoms with E-state index in [0.717, 1.165) is 31.2 Å². The van der Waals surface area contributed by atoms with Crippen molar-refractivity contribution < 1.29 is 5.11 Å². The summed E-state index contributed by atoms with van der Waals surface area (Å²) < 4.78 is 0. The average molecular weight is 205 g/mol. The van der Waals surface area contributed by atoms with Crippen LogP contribution in [0.15, 0.2) is 29.3 Å². The average Bonchev–Trinajstić information content (AvgIpc) is 2.25. The zero-order valence-electron chi connectivity index (χ0n) is 8.77. The molecule has 0 aromatic heterocycles. The van der Waals surface area contributed by atoms with Crippen molar-refractivity contribution in [1.29, 1.82) is 0 Å². The van der Waals surface area contributed by atoms with Crippen LogP contribution in [-0.4, -0.2) is 36.1 Å². The highest BCUT2D eigenvalue weighted by atomic mass is 16.3. The second kappa shape index (κ2) is 4.21. The molecule has 2 N–H and O–H groups in total. The summed E-state index contributed by atoms with van der Waals surface area (Å²) in [7, 11) is 2.02. The number of aliphatic imine (C=N–C) groups is 1. The molecular weight excluding hydrogens is 190 g/mol. The Labute approximate surface area is 89.2 Å². The van der Waals surface area contributed by atoms with Crippen molar-refractivity contribution in [3.8, 4) is 5.75 Å². The van der Waals surface area contributed by atoms with E-state index in [1.807, 2.05) is 19.2 Å². The van der Waals surface area contributed by atoms with Crippen molar-refractivity contribution in [3.63, 3.8) is 0 Å². The molecule has 1 aromatic carbocycles. The van der Waals surface area contributed by atoms with Crippen LogP contribution in [0.25, 0.3) is 0 Å². The minimum Gasteiger partial charge on any atom is -0.508 e. The van der Waals surface area contributed by atoms with Crippen molar-refractivity contribution in [2.45, 2.75) is 6.42 Å². The molecule has 2 rings (SSSR count). The summed E-state index contributed by atoms with van der Waals surface area (Å²) in [5, 5.41) is 12.4. The standard InChI is InChI=1S/C11H15N3O/c1-14-8-2-7-12-11(14)13-9-3-5-10(15)6-4-9/h3-6,15H,2,7-8H2,1H3,(H,12,13). The molecule has 1 aliphatic rings. The monoisotopic (exact) mass is 205 g/mol. The lowest BCUT2D eigenvalue weighted by molar-refractivity contribution is 0.466. The number of phenolic OH excluding ortho intramolecular Hbond substituents is 1. The highest BCUT2D eigenvalue weighted by Gasteiger charge is 2.10. The lowest BCUT2D eigenvalue weighted by atomic mass is 10.3. The van der Waals surface area contributed by atoms with Gasteiger partial charge in [-0.15, -0.1) is 0 Å². The number of guanidine groups is 1. The first-order chi connectivity index (χ1) is 7.25. The molecule has 0 unspecified atom stereocenters. The van der Waals surface area contributed by atoms with E-state index in [4.69, 9.17) is 5.11 Å². The Bertz CT molecular complexity index is 359. The first-order valence-electron chi connectivity index (χ1n) is 5.07. The largest absolute Gasteiger partial charge is 0.508 e. The second-order valence-corrected chi connectivity index (χ2v) is 3.65. The minimum absolute atomic E-state index is 0.277. The highest BCUT2D eigenvalue weighted by Crippen LogP contribution is 2.14. The molecule has 1 heterocycles. The van der Waals surface area contributed by atoms with Crippen molar-refractivity contribution in [1.82, 2.24) is 4.90 Å². The number of phenols is 1. The molecule has 0 radical (unpaired) electrons. The molecule has 1 aromatic rings. The minimum atomic E-state index is 0.277. The van der Waals surface area contributed by atoms with Crippen LogP contribution in [-0.2, 0) is 0 Å². The zero-order chi connectivity index (χ0) is 10.7. The fourth-order valence-corrected chi connectivity index (χ4v) is 1.53. The van der Waals surface area contributed by atoms with Gasteiger partial charge in [-0.3, -0.25) is 4.99 Å². The molecular formula is C11H15N3O. The Balaban J connectivity index is 2.08. The van der Waals surface area contributed by atoms with Gasteiger partial charge in [0.15, 0.2) is 5.96 Å². The smallest absolute Gasteiger partial charge is 0.198 e. The molecule has 0 spiro atoms. The van der Waals surface area contributed by atoms with Gasteiger partial charge in [-0.2, -0.15) is 0 Å². The van der Waals surface area contributed by atoms with E-state index in [0.29, 0.717) is 0 Å². The maximum Gasteiger partial charge on any atom is 0.198 e. The van der Waals surface area contributed by atoms with Crippen LogP contribution in [0.3, 0.4) is 0 Å². The molecule has 0 atom stereocenters. The molecule has 0 amide bonds. The van der Waals surface area contributed by atoms with E-state index in [2.05, 4.69) is 15.2 Å². The Hall–Kier alpha value is -1.71. The number of aromatic hydroxyl groups is 1. The lowest BCUT2D eigenvalue weighted by Gasteiger charge is -2.25. The first kappa shape index (κ1) is 9.83. The number of hydrogen-bond donors (Lipinski definition) is 2. The first-order valence-corrected chi connectivity index (χ1v) is 5.07. The molecule has 4 heteroatoms. The summed E-state index contributed by atoms with van der Waals surface area (Å²) in [4.78, 5) is 6.49. The van der Waals surface area contributed by atoms with E-state index in [9.17, 15) is 0 Å². The van der Waals surface area contributed by atoms with E-state index < -0.39 is 0 Å². The summed E-state index contributed by atoms with van der Waals surface area (Å²) in [6.07, 6.45) is 1.11.